The second-order valence-corrected chi connectivity index (χ2v) is 3.93. The predicted molar refractivity (Wildman–Crippen MR) is 68.0 cm³/mol. The Hall–Kier alpha value is -1.42. The van der Waals surface area contributed by atoms with Crippen LogP contribution >= 0.6 is 12.2 Å². The molecule has 0 amide bonds. The quantitative estimate of drug-likeness (QED) is 0.455. The van der Waals surface area contributed by atoms with Gasteiger partial charge in [-0.05, 0) is 44.6 Å². The van der Waals surface area contributed by atoms with Gasteiger partial charge in [-0.2, -0.15) is 5.10 Å². The molecular weight excluding hydrogens is 206 g/mol. The molecule has 0 bridgehead atoms. The highest BCUT2D eigenvalue weighted by molar-refractivity contribution is 7.80. The highest BCUT2D eigenvalue weighted by atomic mass is 32.1. The number of nitrogens with zero attached hydrogens (tertiary/aromatic N) is 1. The van der Waals surface area contributed by atoms with Crippen molar-refractivity contribution >= 4 is 23.0 Å². The summed E-state index contributed by atoms with van der Waals surface area (Å²) >= 11 is 4.68. The number of thiocarbonyl (C=S) groups is 1. The van der Waals surface area contributed by atoms with Crippen LogP contribution < -0.4 is 11.2 Å². The van der Waals surface area contributed by atoms with Crippen LogP contribution in [-0.4, -0.2) is 10.8 Å². The van der Waals surface area contributed by atoms with Crippen molar-refractivity contribution in [1.29, 1.82) is 0 Å². The first-order chi connectivity index (χ1) is 7.00. The van der Waals surface area contributed by atoms with Gasteiger partial charge >= 0.3 is 0 Å². The minimum Gasteiger partial charge on any atom is -0.375 e. The van der Waals surface area contributed by atoms with Gasteiger partial charge in [-0.1, -0.05) is 17.7 Å². The van der Waals surface area contributed by atoms with Crippen molar-refractivity contribution in [2.45, 2.75) is 20.8 Å². The maximum atomic E-state index is 5.30. The van der Waals surface area contributed by atoms with Crippen LogP contribution in [0.25, 0.3) is 0 Å². The number of hydrazone groups is 1. The Morgan fingerprint density at radius 3 is 2.67 bits per heavy atom. The van der Waals surface area contributed by atoms with Crippen LogP contribution in [0.3, 0.4) is 0 Å². The Morgan fingerprint density at radius 2 is 2.07 bits per heavy atom. The van der Waals surface area contributed by atoms with Crippen LogP contribution in [0.5, 0.6) is 0 Å². The third-order valence-corrected chi connectivity index (χ3v) is 2.21. The molecule has 0 saturated heterocycles. The van der Waals surface area contributed by atoms with Gasteiger partial charge in [0.15, 0.2) is 5.11 Å². The van der Waals surface area contributed by atoms with Crippen LogP contribution in [0.2, 0.25) is 0 Å². The predicted octanol–water partition coefficient (Wildman–Crippen LogP) is 1.86. The van der Waals surface area contributed by atoms with Crippen molar-refractivity contribution in [3.63, 3.8) is 0 Å². The van der Waals surface area contributed by atoms with Crippen LogP contribution in [0.15, 0.2) is 23.3 Å². The summed E-state index contributed by atoms with van der Waals surface area (Å²) in [5.41, 5.74) is 12.3. The van der Waals surface area contributed by atoms with E-state index in [0.29, 0.717) is 0 Å². The molecule has 15 heavy (non-hydrogen) atoms. The van der Waals surface area contributed by atoms with Crippen molar-refractivity contribution in [3.8, 4) is 0 Å². The van der Waals surface area contributed by atoms with E-state index in [2.05, 4.69) is 54.8 Å². The molecule has 0 spiro atoms. The molecule has 4 heteroatoms. The van der Waals surface area contributed by atoms with E-state index >= 15 is 0 Å². The number of benzene rings is 1. The normalized spacial score (nSPS) is 11.3. The van der Waals surface area contributed by atoms with Crippen LogP contribution in [-0.2, 0) is 0 Å². The lowest BCUT2D eigenvalue weighted by Crippen LogP contribution is -2.25. The number of nitrogens with two attached hydrogens (primary N) is 1. The molecule has 0 aliphatic heterocycles. The minimum atomic E-state index is 0.180. The van der Waals surface area contributed by atoms with E-state index in [0.717, 1.165) is 11.3 Å². The molecule has 0 radical (unpaired) electrons. The summed E-state index contributed by atoms with van der Waals surface area (Å²) in [5.74, 6) is 0. The zero-order chi connectivity index (χ0) is 11.4. The molecule has 0 aliphatic carbocycles. The largest absolute Gasteiger partial charge is 0.375 e. The Labute approximate surface area is 95.4 Å². The maximum Gasteiger partial charge on any atom is 0.184 e. The fourth-order valence-electron chi connectivity index (χ4n) is 1.32. The summed E-state index contributed by atoms with van der Waals surface area (Å²) in [7, 11) is 0. The number of aryl methyl sites for hydroxylation is 2. The van der Waals surface area contributed by atoms with E-state index in [-0.39, 0.29) is 5.11 Å². The number of hydrogen-bond donors (Lipinski definition) is 2. The second kappa shape index (κ2) is 4.89. The number of nitrogens with one attached hydrogen (secondary N) is 1. The summed E-state index contributed by atoms with van der Waals surface area (Å²) in [4.78, 5) is 0. The number of hydrogen-bond acceptors (Lipinski definition) is 2. The average Bonchev–Trinajstić information content (AvgIpc) is 2.18. The van der Waals surface area contributed by atoms with Gasteiger partial charge in [0, 0.05) is 5.56 Å². The Bertz CT molecular complexity index is 410. The molecule has 80 valence electrons. The first-order valence-electron chi connectivity index (χ1n) is 4.68. The summed E-state index contributed by atoms with van der Waals surface area (Å²) in [6, 6.07) is 6.24. The first kappa shape index (κ1) is 11.7. The fraction of sp³-hybridized carbons (Fsp3) is 0.273. The van der Waals surface area contributed by atoms with Crippen molar-refractivity contribution in [3.05, 3.63) is 34.9 Å². The lowest BCUT2D eigenvalue weighted by Gasteiger charge is -2.06. The van der Waals surface area contributed by atoms with E-state index in [1.807, 2.05) is 6.92 Å². The lowest BCUT2D eigenvalue weighted by atomic mass is 10.0. The molecule has 3 N–H and O–H groups in total. The van der Waals surface area contributed by atoms with Gasteiger partial charge in [-0.15, -0.1) is 0 Å². The third-order valence-electron chi connectivity index (χ3n) is 2.12. The van der Waals surface area contributed by atoms with E-state index in [1.165, 1.54) is 11.1 Å². The van der Waals surface area contributed by atoms with Crippen molar-refractivity contribution in [1.82, 2.24) is 5.43 Å². The number of rotatable bonds is 2. The summed E-state index contributed by atoms with van der Waals surface area (Å²) in [5, 5.41) is 4.28. The van der Waals surface area contributed by atoms with Crippen molar-refractivity contribution < 1.29 is 0 Å². The summed E-state index contributed by atoms with van der Waals surface area (Å²) in [6.07, 6.45) is 0. The van der Waals surface area contributed by atoms with Gasteiger partial charge in [-0.25, -0.2) is 0 Å². The molecule has 0 unspecified atom stereocenters. The third kappa shape index (κ3) is 3.32. The average molecular weight is 221 g/mol. The van der Waals surface area contributed by atoms with Crippen molar-refractivity contribution in [2.24, 2.45) is 10.8 Å². The highest BCUT2D eigenvalue weighted by Crippen LogP contribution is 2.11. The van der Waals surface area contributed by atoms with Crippen molar-refractivity contribution in [2.75, 3.05) is 0 Å². The van der Waals surface area contributed by atoms with Gasteiger partial charge < -0.3 is 5.73 Å². The molecule has 0 aliphatic rings. The molecule has 0 heterocycles. The van der Waals surface area contributed by atoms with E-state index in [1.54, 1.807) is 0 Å². The van der Waals surface area contributed by atoms with Gasteiger partial charge in [0.05, 0.1) is 5.71 Å². The highest BCUT2D eigenvalue weighted by Gasteiger charge is 2.02. The van der Waals surface area contributed by atoms with Crippen LogP contribution in [0.1, 0.15) is 23.6 Å². The maximum absolute atomic E-state index is 5.30. The molecule has 1 aromatic rings. The van der Waals surface area contributed by atoms with E-state index in [4.69, 9.17) is 5.73 Å². The van der Waals surface area contributed by atoms with Gasteiger partial charge in [0.1, 0.15) is 0 Å². The molecule has 0 atom stereocenters. The lowest BCUT2D eigenvalue weighted by molar-refractivity contribution is 1.03. The molecule has 0 saturated carbocycles. The zero-order valence-electron chi connectivity index (χ0n) is 9.16. The Morgan fingerprint density at radius 1 is 1.40 bits per heavy atom. The smallest absolute Gasteiger partial charge is 0.184 e. The molecule has 1 aromatic carbocycles. The Kier molecular flexibility index (Phi) is 3.80. The zero-order valence-corrected chi connectivity index (χ0v) is 9.98. The SMILES string of the molecule is CC(=NNC(N)=S)c1cc(C)ccc1C. The fourth-order valence-corrected chi connectivity index (χ4v) is 1.37. The molecule has 0 aromatic heterocycles. The summed E-state index contributed by atoms with van der Waals surface area (Å²) in [6.45, 7) is 6.03. The van der Waals surface area contributed by atoms with E-state index < -0.39 is 0 Å². The molecule has 3 nitrogen and oxygen atoms in total. The minimum absolute atomic E-state index is 0.180. The standard InChI is InChI=1S/C11H15N3S/c1-7-4-5-8(2)10(6-7)9(3)13-14-11(12)15/h4-6H,1-3H3,(H3,12,14,15). The van der Waals surface area contributed by atoms with Crippen LogP contribution in [0, 0.1) is 13.8 Å². The second-order valence-electron chi connectivity index (χ2n) is 3.49. The molecular formula is C11H15N3S. The molecule has 0 fully saturated rings. The monoisotopic (exact) mass is 221 g/mol. The Balaban J connectivity index is 2.99. The summed E-state index contributed by atoms with van der Waals surface area (Å²) < 4.78 is 0. The topological polar surface area (TPSA) is 50.4 Å². The van der Waals surface area contributed by atoms with Crippen LogP contribution in [0.4, 0.5) is 0 Å². The van der Waals surface area contributed by atoms with Gasteiger partial charge in [0.25, 0.3) is 0 Å². The van der Waals surface area contributed by atoms with Gasteiger partial charge in [-0.3, -0.25) is 5.43 Å². The first-order valence-corrected chi connectivity index (χ1v) is 5.09. The molecule has 1 rings (SSSR count). The van der Waals surface area contributed by atoms with Gasteiger partial charge in [0.2, 0.25) is 0 Å². The van der Waals surface area contributed by atoms with E-state index in [9.17, 15) is 0 Å².